The van der Waals surface area contributed by atoms with Crippen LogP contribution in [0.25, 0.3) is 10.2 Å². The predicted octanol–water partition coefficient (Wildman–Crippen LogP) is 4.05. The van der Waals surface area contributed by atoms with Gasteiger partial charge in [0.1, 0.15) is 10.4 Å². The minimum absolute atomic E-state index is 0.0120. The van der Waals surface area contributed by atoms with Gasteiger partial charge in [-0.1, -0.05) is 42.5 Å². The summed E-state index contributed by atoms with van der Waals surface area (Å²) in [4.78, 5) is 33.2. The van der Waals surface area contributed by atoms with Crippen molar-refractivity contribution in [2.24, 2.45) is 5.92 Å². The molecule has 0 atom stereocenters. The number of hydrogen-bond donors (Lipinski definition) is 1. The van der Waals surface area contributed by atoms with E-state index in [9.17, 15) is 9.59 Å². The van der Waals surface area contributed by atoms with E-state index < -0.39 is 0 Å². The van der Waals surface area contributed by atoms with E-state index in [1.165, 1.54) is 11.3 Å². The third-order valence-corrected chi connectivity index (χ3v) is 7.37. The van der Waals surface area contributed by atoms with Crippen molar-refractivity contribution in [1.82, 2.24) is 14.9 Å². The van der Waals surface area contributed by atoms with Crippen molar-refractivity contribution in [2.75, 3.05) is 25.1 Å². The Balaban J connectivity index is 1.29. The number of benzene rings is 2. The first-order valence-electron chi connectivity index (χ1n) is 11.8. The van der Waals surface area contributed by atoms with Crippen molar-refractivity contribution in [3.8, 4) is 5.75 Å². The van der Waals surface area contributed by atoms with Crippen LogP contribution in [0.5, 0.6) is 5.75 Å². The number of amides is 1. The highest BCUT2D eigenvalue weighted by atomic mass is 32.1. The van der Waals surface area contributed by atoms with Gasteiger partial charge in [0.15, 0.2) is 0 Å². The minimum atomic E-state index is -0.0592. The van der Waals surface area contributed by atoms with Gasteiger partial charge in [0.05, 0.1) is 19.2 Å². The van der Waals surface area contributed by atoms with Crippen molar-refractivity contribution in [3.63, 3.8) is 0 Å². The zero-order valence-corrected chi connectivity index (χ0v) is 20.5. The Morgan fingerprint density at radius 1 is 1.09 bits per heavy atom. The highest BCUT2D eigenvalue weighted by molar-refractivity contribution is 7.17. The molecular weight excluding hydrogens is 460 g/mol. The van der Waals surface area contributed by atoms with Crippen LogP contribution in [0.1, 0.15) is 24.0 Å². The Bertz CT molecular complexity index is 1370. The van der Waals surface area contributed by atoms with Crippen LogP contribution in [0, 0.1) is 5.92 Å². The highest BCUT2D eigenvalue weighted by Crippen LogP contribution is 2.25. The Kier molecular flexibility index (Phi) is 6.81. The van der Waals surface area contributed by atoms with Gasteiger partial charge in [-0.15, -0.1) is 11.3 Å². The predicted molar refractivity (Wildman–Crippen MR) is 139 cm³/mol. The van der Waals surface area contributed by atoms with Crippen molar-refractivity contribution in [3.05, 3.63) is 87.5 Å². The van der Waals surface area contributed by atoms with Gasteiger partial charge in [0, 0.05) is 25.6 Å². The minimum Gasteiger partial charge on any atom is -0.497 e. The second kappa shape index (κ2) is 10.3. The van der Waals surface area contributed by atoms with Crippen molar-refractivity contribution < 1.29 is 9.53 Å². The molecule has 0 radical (unpaired) electrons. The van der Waals surface area contributed by atoms with E-state index in [0.717, 1.165) is 22.4 Å². The fraction of sp³-hybridized carbons (Fsp3) is 0.296. The summed E-state index contributed by atoms with van der Waals surface area (Å²) in [5, 5.41) is 4.98. The number of nitrogens with one attached hydrogen (secondary N) is 1. The average molecular weight is 489 g/mol. The molecular formula is C27H28N4O3S. The van der Waals surface area contributed by atoms with Crippen LogP contribution in [-0.2, 0) is 17.9 Å². The number of fused-ring (bicyclic) bond motifs is 1. The van der Waals surface area contributed by atoms with Gasteiger partial charge in [-0.25, -0.2) is 4.98 Å². The summed E-state index contributed by atoms with van der Waals surface area (Å²) in [6, 6.07) is 19.6. The molecule has 35 heavy (non-hydrogen) atoms. The molecule has 1 N–H and O–H groups in total. The molecule has 3 heterocycles. The second-order valence-corrected chi connectivity index (χ2v) is 9.67. The zero-order valence-electron chi connectivity index (χ0n) is 19.6. The number of carbonyl (C=O) groups is 1. The molecule has 2 aromatic carbocycles. The molecule has 8 heteroatoms. The molecule has 1 saturated heterocycles. The monoisotopic (exact) mass is 488 g/mol. The molecule has 0 saturated carbocycles. The molecule has 180 valence electrons. The van der Waals surface area contributed by atoms with Crippen molar-refractivity contribution in [2.45, 2.75) is 25.9 Å². The average Bonchev–Trinajstić information content (AvgIpc) is 3.39. The van der Waals surface area contributed by atoms with E-state index >= 15 is 0 Å². The van der Waals surface area contributed by atoms with Crippen LogP contribution >= 0.6 is 11.3 Å². The number of carbonyl (C=O) groups excluding carboxylic acids is 1. The largest absolute Gasteiger partial charge is 0.497 e. The number of methoxy groups -OCH3 is 1. The van der Waals surface area contributed by atoms with E-state index in [1.54, 1.807) is 11.7 Å². The molecule has 0 aliphatic carbocycles. The van der Waals surface area contributed by atoms with Gasteiger partial charge < -0.3 is 15.0 Å². The van der Waals surface area contributed by atoms with Crippen molar-refractivity contribution in [1.29, 1.82) is 0 Å². The highest BCUT2D eigenvalue weighted by Gasteiger charge is 2.27. The number of nitrogens with zero attached hydrogens (tertiary/aromatic N) is 3. The second-order valence-electron chi connectivity index (χ2n) is 8.75. The fourth-order valence-electron chi connectivity index (χ4n) is 4.54. The van der Waals surface area contributed by atoms with Crippen LogP contribution in [0.4, 0.5) is 5.95 Å². The van der Waals surface area contributed by atoms with Gasteiger partial charge >= 0.3 is 0 Å². The number of thiophene rings is 1. The maximum atomic E-state index is 13.3. The Morgan fingerprint density at radius 3 is 2.63 bits per heavy atom. The van der Waals surface area contributed by atoms with Gasteiger partial charge in [-0.3, -0.25) is 14.2 Å². The van der Waals surface area contributed by atoms with Gasteiger partial charge in [-0.2, -0.15) is 0 Å². The number of piperidine rings is 1. The van der Waals surface area contributed by atoms with Crippen LogP contribution in [0.3, 0.4) is 0 Å². The lowest BCUT2D eigenvalue weighted by atomic mass is 9.96. The smallest absolute Gasteiger partial charge is 0.273 e. The lowest BCUT2D eigenvalue weighted by Crippen LogP contribution is -2.42. The van der Waals surface area contributed by atoms with E-state index in [2.05, 4.69) is 10.2 Å². The Morgan fingerprint density at radius 2 is 1.86 bits per heavy atom. The van der Waals surface area contributed by atoms with Crippen LogP contribution in [0.2, 0.25) is 0 Å². The number of ether oxygens (including phenoxy) is 1. The molecule has 1 amide bonds. The van der Waals surface area contributed by atoms with E-state index in [0.29, 0.717) is 49.7 Å². The number of anilines is 1. The maximum Gasteiger partial charge on any atom is 0.273 e. The maximum absolute atomic E-state index is 13.3. The summed E-state index contributed by atoms with van der Waals surface area (Å²) < 4.78 is 7.71. The summed E-state index contributed by atoms with van der Waals surface area (Å²) in [6.45, 7) is 2.29. The molecule has 5 rings (SSSR count). The standard InChI is InChI=1S/C27H28N4O3S/c1-34-22-9-5-8-20(16-22)17-28-25(32)21-10-13-30(14-11-21)27-29-23-12-15-35-24(23)26(33)31(27)18-19-6-3-2-4-7-19/h2-9,12,15-16,21H,10-11,13-14,17-18H2,1H3,(H,28,32). The van der Waals surface area contributed by atoms with Gasteiger partial charge in [0.25, 0.3) is 5.56 Å². The first-order valence-corrected chi connectivity index (χ1v) is 12.7. The summed E-state index contributed by atoms with van der Waals surface area (Å²) in [7, 11) is 1.63. The lowest BCUT2D eigenvalue weighted by molar-refractivity contribution is -0.125. The molecule has 0 spiro atoms. The van der Waals surface area contributed by atoms with Gasteiger partial charge in [-0.05, 0) is 47.5 Å². The molecule has 1 aliphatic heterocycles. The van der Waals surface area contributed by atoms with Crippen molar-refractivity contribution >= 4 is 33.4 Å². The Labute approximate surface area is 208 Å². The van der Waals surface area contributed by atoms with Crippen LogP contribution in [-0.4, -0.2) is 35.7 Å². The SMILES string of the molecule is COc1cccc(CNC(=O)C2CCN(c3nc4ccsc4c(=O)n3Cc3ccccc3)CC2)c1. The first-order chi connectivity index (χ1) is 17.1. The van der Waals surface area contributed by atoms with Crippen LogP contribution < -0.4 is 20.5 Å². The third-order valence-electron chi connectivity index (χ3n) is 6.48. The third kappa shape index (κ3) is 5.07. The normalized spacial score (nSPS) is 14.3. The fourth-order valence-corrected chi connectivity index (χ4v) is 5.32. The lowest BCUT2D eigenvalue weighted by Gasteiger charge is -2.33. The van der Waals surface area contributed by atoms with Gasteiger partial charge in [0.2, 0.25) is 11.9 Å². The molecule has 0 unspecified atom stereocenters. The van der Waals surface area contributed by atoms with E-state index in [4.69, 9.17) is 9.72 Å². The summed E-state index contributed by atoms with van der Waals surface area (Å²) in [6.07, 6.45) is 1.43. The Hall–Kier alpha value is -3.65. The molecule has 1 fully saturated rings. The number of hydrogen-bond acceptors (Lipinski definition) is 6. The number of rotatable bonds is 7. The van der Waals surface area contributed by atoms with E-state index in [-0.39, 0.29) is 17.4 Å². The summed E-state index contributed by atoms with van der Waals surface area (Å²) >= 11 is 1.43. The molecule has 2 aromatic heterocycles. The molecule has 7 nitrogen and oxygen atoms in total. The van der Waals surface area contributed by atoms with Crippen LogP contribution in [0.15, 0.2) is 70.8 Å². The molecule has 0 bridgehead atoms. The molecule has 4 aromatic rings. The first kappa shape index (κ1) is 23.1. The zero-order chi connectivity index (χ0) is 24.2. The molecule has 1 aliphatic rings. The number of aromatic nitrogens is 2. The summed E-state index contributed by atoms with van der Waals surface area (Å²) in [5.74, 6) is 1.47. The quantitative estimate of drug-likeness (QED) is 0.425. The summed E-state index contributed by atoms with van der Waals surface area (Å²) in [5.41, 5.74) is 2.79. The topological polar surface area (TPSA) is 76.5 Å². The van der Waals surface area contributed by atoms with E-state index in [1.807, 2.05) is 66.0 Å².